The molecule has 1 aliphatic heterocycles. The summed E-state index contributed by atoms with van der Waals surface area (Å²) in [6.45, 7) is 1.72. The van der Waals surface area contributed by atoms with E-state index in [2.05, 4.69) is 5.16 Å². The van der Waals surface area contributed by atoms with Crippen LogP contribution in [0.1, 0.15) is 33.5 Å². The van der Waals surface area contributed by atoms with Crippen LogP contribution in [0.5, 0.6) is 5.75 Å². The van der Waals surface area contributed by atoms with Crippen LogP contribution in [-0.4, -0.2) is 18.2 Å². The van der Waals surface area contributed by atoms with Crippen LogP contribution < -0.4 is 15.1 Å². The minimum absolute atomic E-state index is 0.0358. The summed E-state index contributed by atoms with van der Waals surface area (Å²) in [6, 6.07) is 12.7. The molecule has 0 aliphatic carbocycles. The minimum atomic E-state index is -0.798. The number of carbonyl (C=O) groups is 1. The Labute approximate surface area is 175 Å². The normalized spacial score (nSPS) is 15.6. The predicted octanol–water partition coefficient (Wildman–Crippen LogP) is 4.50. The van der Waals surface area contributed by atoms with E-state index in [1.807, 2.05) is 12.1 Å². The lowest BCUT2D eigenvalue weighted by Gasteiger charge is -2.23. The Morgan fingerprint density at radius 2 is 1.93 bits per heavy atom. The summed E-state index contributed by atoms with van der Waals surface area (Å²) in [7, 11) is 1.53. The monoisotopic (exact) mass is 422 g/mol. The van der Waals surface area contributed by atoms with Crippen molar-refractivity contribution in [3.8, 4) is 5.75 Å². The first-order valence-electron chi connectivity index (χ1n) is 9.15. The number of para-hydroxylation sites is 1. The second kappa shape index (κ2) is 6.74. The Hall–Kier alpha value is -3.58. The van der Waals surface area contributed by atoms with Gasteiger partial charge in [-0.25, -0.2) is 0 Å². The second-order valence-electron chi connectivity index (χ2n) is 6.93. The highest BCUT2D eigenvalue weighted by Crippen LogP contribution is 2.43. The van der Waals surface area contributed by atoms with Gasteiger partial charge in [0.2, 0.25) is 5.76 Å². The molecule has 0 saturated heterocycles. The Morgan fingerprint density at radius 3 is 2.67 bits per heavy atom. The first-order valence-corrected chi connectivity index (χ1v) is 9.53. The van der Waals surface area contributed by atoms with Crippen molar-refractivity contribution in [2.75, 3.05) is 12.0 Å². The van der Waals surface area contributed by atoms with Gasteiger partial charge in [-0.2, -0.15) is 0 Å². The number of hydrogen-bond acceptors (Lipinski definition) is 6. The topological polar surface area (TPSA) is 85.8 Å². The summed E-state index contributed by atoms with van der Waals surface area (Å²) in [4.78, 5) is 28.3. The summed E-state index contributed by atoms with van der Waals surface area (Å²) in [6.07, 6.45) is 0. The Kier molecular flexibility index (Phi) is 4.15. The summed E-state index contributed by atoms with van der Waals surface area (Å²) in [5.41, 5.74) is 0.788. The standard InChI is InChI=1S/C22H15ClN2O5/c1-11-9-17(24-30-11)25-19(13-5-3-4-6-15(13)28-2)18-20(26)14-10-12(23)7-8-16(14)29-21(18)22(25)27/h3-10,19H,1-2H3/t19-/m0/s1. The van der Waals surface area contributed by atoms with E-state index in [9.17, 15) is 9.59 Å². The van der Waals surface area contributed by atoms with Crippen molar-refractivity contribution in [2.24, 2.45) is 0 Å². The lowest BCUT2D eigenvalue weighted by molar-refractivity contribution is 0.0969. The number of aryl methyl sites for hydroxylation is 1. The van der Waals surface area contributed by atoms with Gasteiger partial charge in [0.1, 0.15) is 23.1 Å². The number of fused-ring (bicyclic) bond motifs is 2. The zero-order valence-corrected chi connectivity index (χ0v) is 16.8. The molecular formula is C22H15ClN2O5. The maximum absolute atomic E-state index is 13.5. The average Bonchev–Trinajstić information content (AvgIpc) is 3.29. The van der Waals surface area contributed by atoms with Gasteiger partial charge in [0.25, 0.3) is 5.91 Å². The van der Waals surface area contributed by atoms with Crippen LogP contribution in [0.2, 0.25) is 5.02 Å². The fourth-order valence-electron chi connectivity index (χ4n) is 3.83. The third kappa shape index (κ3) is 2.63. The van der Waals surface area contributed by atoms with E-state index in [-0.39, 0.29) is 28.2 Å². The molecule has 0 N–H and O–H groups in total. The number of carbonyl (C=O) groups excluding carboxylic acids is 1. The number of rotatable bonds is 3. The summed E-state index contributed by atoms with van der Waals surface area (Å²) in [5, 5.41) is 4.70. The van der Waals surface area contributed by atoms with Crippen LogP contribution in [-0.2, 0) is 0 Å². The predicted molar refractivity (Wildman–Crippen MR) is 110 cm³/mol. The summed E-state index contributed by atoms with van der Waals surface area (Å²) < 4.78 is 16.6. The van der Waals surface area contributed by atoms with Crippen LogP contribution in [0.4, 0.5) is 5.82 Å². The molecule has 2 aromatic carbocycles. The van der Waals surface area contributed by atoms with E-state index in [1.54, 1.807) is 37.3 Å². The van der Waals surface area contributed by atoms with E-state index in [4.69, 9.17) is 25.3 Å². The number of ether oxygens (including phenoxy) is 1. The molecule has 0 radical (unpaired) electrons. The quantitative estimate of drug-likeness (QED) is 0.483. The maximum Gasteiger partial charge on any atom is 0.296 e. The van der Waals surface area contributed by atoms with E-state index < -0.39 is 11.9 Å². The smallest absolute Gasteiger partial charge is 0.296 e. The number of anilines is 1. The van der Waals surface area contributed by atoms with E-state index in [0.717, 1.165) is 0 Å². The summed E-state index contributed by atoms with van der Waals surface area (Å²) >= 11 is 6.10. The first kappa shape index (κ1) is 18.4. The lowest BCUT2D eigenvalue weighted by atomic mass is 9.97. The van der Waals surface area contributed by atoms with Crippen LogP contribution in [0.25, 0.3) is 11.0 Å². The van der Waals surface area contributed by atoms with Gasteiger partial charge in [0.05, 0.1) is 18.1 Å². The van der Waals surface area contributed by atoms with Gasteiger partial charge < -0.3 is 13.7 Å². The van der Waals surface area contributed by atoms with Crippen LogP contribution in [0, 0.1) is 6.92 Å². The molecule has 1 amide bonds. The van der Waals surface area contributed by atoms with Crippen LogP contribution in [0.15, 0.2) is 62.3 Å². The van der Waals surface area contributed by atoms with Gasteiger partial charge in [-0.05, 0) is 31.2 Å². The minimum Gasteiger partial charge on any atom is -0.496 e. The second-order valence-corrected chi connectivity index (χ2v) is 7.37. The van der Waals surface area contributed by atoms with Crippen molar-refractivity contribution in [3.63, 3.8) is 0 Å². The molecule has 150 valence electrons. The number of benzene rings is 2. The fraction of sp³-hybridized carbons (Fsp3) is 0.136. The highest BCUT2D eigenvalue weighted by molar-refractivity contribution is 6.31. The number of halogens is 1. The van der Waals surface area contributed by atoms with Gasteiger partial charge in [0, 0.05) is 16.7 Å². The van der Waals surface area contributed by atoms with Crippen LogP contribution >= 0.6 is 11.6 Å². The Balaban J connectivity index is 1.86. The lowest BCUT2D eigenvalue weighted by Crippen LogP contribution is -2.30. The molecular weight excluding hydrogens is 408 g/mol. The number of amides is 1. The molecule has 4 aromatic rings. The zero-order valence-electron chi connectivity index (χ0n) is 16.0. The van der Waals surface area contributed by atoms with Gasteiger partial charge in [-0.1, -0.05) is 35.0 Å². The highest BCUT2D eigenvalue weighted by atomic mass is 35.5. The molecule has 2 aromatic heterocycles. The van der Waals surface area contributed by atoms with Crippen molar-refractivity contribution in [2.45, 2.75) is 13.0 Å². The zero-order chi connectivity index (χ0) is 21.0. The van der Waals surface area contributed by atoms with Crippen molar-refractivity contribution in [1.82, 2.24) is 5.16 Å². The average molecular weight is 423 g/mol. The molecule has 0 fully saturated rings. The number of aromatic nitrogens is 1. The summed E-state index contributed by atoms with van der Waals surface area (Å²) in [5.74, 6) is 0.818. The third-order valence-corrected chi connectivity index (χ3v) is 5.36. The van der Waals surface area contributed by atoms with Crippen molar-refractivity contribution in [3.05, 3.63) is 86.4 Å². The first-order chi connectivity index (χ1) is 14.5. The Bertz CT molecular complexity index is 1370. The number of hydrogen-bond donors (Lipinski definition) is 0. The molecule has 1 atom stereocenters. The third-order valence-electron chi connectivity index (χ3n) is 5.13. The largest absolute Gasteiger partial charge is 0.496 e. The molecule has 30 heavy (non-hydrogen) atoms. The highest BCUT2D eigenvalue weighted by Gasteiger charge is 2.45. The molecule has 0 bridgehead atoms. The van der Waals surface area contributed by atoms with Crippen molar-refractivity contribution < 1.29 is 18.5 Å². The molecule has 7 nitrogen and oxygen atoms in total. The molecule has 1 aliphatic rings. The molecule has 0 saturated carbocycles. The molecule has 0 spiro atoms. The van der Waals surface area contributed by atoms with Gasteiger partial charge in [-0.3, -0.25) is 14.5 Å². The van der Waals surface area contributed by atoms with E-state index in [1.165, 1.54) is 18.1 Å². The van der Waals surface area contributed by atoms with Crippen molar-refractivity contribution in [1.29, 1.82) is 0 Å². The molecule has 3 heterocycles. The van der Waals surface area contributed by atoms with E-state index >= 15 is 0 Å². The van der Waals surface area contributed by atoms with Gasteiger partial charge in [-0.15, -0.1) is 0 Å². The van der Waals surface area contributed by atoms with Gasteiger partial charge in [0.15, 0.2) is 11.2 Å². The maximum atomic E-state index is 13.5. The number of methoxy groups -OCH3 is 1. The Morgan fingerprint density at radius 1 is 1.13 bits per heavy atom. The van der Waals surface area contributed by atoms with Gasteiger partial charge >= 0.3 is 0 Å². The molecule has 8 heteroatoms. The SMILES string of the molecule is COc1ccccc1[C@H]1c2c(oc3ccc(Cl)cc3c2=O)C(=O)N1c1cc(C)on1. The molecule has 0 unspecified atom stereocenters. The van der Waals surface area contributed by atoms with E-state index in [0.29, 0.717) is 27.5 Å². The van der Waals surface area contributed by atoms with Crippen molar-refractivity contribution >= 4 is 34.3 Å². The molecule has 5 rings (SSSR count). The number of nitrogens with zero attached hydrogens (tertiary/aromatic N) is 2. The van der Waals surface area contributed by atoms with Crippen LogP contribution in [0.3, 0.4) is 0 Å². The fourth-order valence-corrected chi connectivity index (χ4v) is 4.01.